The average molecular weight is 254 g/mol. The van der Waals surface area contributed by atoms with Gasteiger partial charge in [-0.2, -0.15) is 0 Å². The fourth-order valence-corrected chi connectivity index (χ4v) is 2.50. The van der Waals surface area contributed by atoms with E-state index in [1.54, 1.807) is 0 Å². The minimum Gasteiger partial charge on any atom is -0.343 e. The average Bonchev–Trinajstić information content (AvgIpc) is 2.41. The molecule has 0 bridgehead atoms. The van der Waals surface area contributed by atoms with E-state index in [1.807, 2.05) is 18.7 Å². The standard InChI is InChI=1S/C14H26N2O2/c1-3-16(4-2)14(18)6-5-9-15-10-7-13(12-17)8-11-15/h12-13H,3-11H2,1-2H3. The summed E-state index contributed by atoms with van der Waals surface area (Å²) in [7, 11) is 0. The number of hydrogen-bond donors (Lipinski definition) is 0. The predicted molar refractivity (Wildman–Crippen MR) is 72.4 cm³/mol. The molecule has 104 valence electrons. The number of carbonyl (C=O) groups is 2. The molecule has 0 aromatic carbocycles. The van der Waals surface area contributed by atoms with Crippen molar-refractivity contribution in [1.82, 2.24) is 9.80 Å². The molecule has 0 aromatic heterocycles. The third-order valence-electron chi connectivity index (χ3n) is 3.81. The summed E-state index contributed by atoms with van der Waals surface area (Å²) >= 11 is 0. The van der Waals surface area contributed by atoms with Crippen molar-refractivity contribution < 1.29 is 9.59 Å². The third kappa shape index (κ3) is 4.77. The minimum absolute atomic E-state index is 0.263. The van der Waals surface area contributed by atoms with Gasteiger partial charge in [0.2, 0.25) is 5.91 Å². The molecule has 0 spiro atoms. The maximum absolute atomic E-state index is 11.8. The summed E-state index contributed by atoms with van der Waals surface area (Å²) in [6.07, 6.45) is 4.62. The van der Waals surface area contributed by atoms with Crippen LogP contribution in [0.4, 0.5) is 0 Å². The zero-order valence-electron chi connectivity index (χ0n) is 11.7. The first-order valence-electron chi connectivity index (χ1n) is 7.16. The van der Waals surface area contributed by atoms with Gasteiger partial charge in [-0.1, -0.05) is 0 Å². The van der Waals surface area contributed by atoms with E-state index >= 15 is 0 Å². The van der Waals surface area contributed by atoms with E-state index in [2.05, 4.69) is 4.90 Å². The molecule has 1 saturated heterocycles. The lowest BCUT2D eigenvalue weighted by Crippen LogP contribution is -2.36. The first-order valence-corrected chi connectivity index (χ1v) is 7.16. The number of nitrogens with zero attached hydrogens (tertiary/aromatic N) is 2. The zero-order chi connectivity index (χ0) is 13.4. The molecular formula is C14H26N2O2. The van der Waals surface area contributed by atoms with Gasteiger partial charge in [0.15, 0.2) is 0 Å². The van der Waals surface area contributed by atoms with Crippen molar-refractivity contribution in [2.45, 2.75) is 39.5 Å². The number of rotatable bonds is 7. The maximum atomic E-state index is 11.8. The Hall–Kier alpha value is -0.900. The Balaban J connectivity index is 2.15. The van der Waals surface area contributed by atoms with Gasteiger partial charge in [0.25, 0.3) is 0 Å². The fraction of sp³-hybridized carbons (Fsp3) is 0.857. The molecule has 0 aromatic rings. The summed E-state index contributed by atoms with van der Waals surface area (Å²) in [5, 5.41) is 0. The van der Waals surface area contributed by atoms with E-state index in [0.29, 0.717) is 6.42 Å². The molecule has 0 saturated carbocycles. The van der Waals surface area contributed by atoms with Crippen LogP contribution in [0.2, 0.25) is 0 Å². The molecular weight excluding hydrogens is 228 g/mol. The minimum atomic E-state index is 0.263. The Labute approximate surface area is 110 Å². The topological polar surface area (TPSA) is 40.6 Å². The van der Waals surface area contributed by atoms with Gasteiger partial charge >= 0.3 is 0 Å². The van der Waals surface area contributed by atoms with E-state index in [4.69, 9.17) is 0 Å². The number of carbonyl (C=O) groups excluding carboxylic acids is 2. The van der Waals surface area contributed by atoms with Crippen LogP contribution in [0.3, 0.4) is 0 Å². The SMILES string of the molecule is CCN(CC)C(=O)CCCN1CCC(C=O)CC1. The lowest BCUT2D eigenvalue weighted by molar-refractivity contribution is -0.131. The molecule has 0 aliphatic carbocycles. The Bertz CT molecular complexity index is 257. The van der Waals surface area contributed by atoms with Crippen LogP contribution in [0.1, 0.15) is 39.5 Å². The van der Waals surface area contributed by atoms with Crippen LogP contribution < -0.4 is 0 Å². The monoisotopic (exact) mass is 254 g/mol. The molecule has 1 aliphatic heterocycles. The van der Waals surface area contributed by atoms with Gasteiger partial charge in [-0.25, -0.2) is 0 Å². The van der Waals surface area contributed by atoms with Crippen LogP contribution in [0.5, 0.6) is 0 Å². The van der Waals surface area contributed by atoms with E-state index in [9.17, 15) is 9.59 Å². The lowest BCUT2D eigenvalue weighted by Gasteiger charge is -2.29. The molecule has 1 amide bonds. The van der Waals surface area contributed by atoms with Crippen LogP contribution in [0.15, 0.2) is 0 Å². The van der Waals surface area contributed by atoms with Crippen molar-refractivity contribution in [3.8, 4) is 0 Å². The van der Waals surface area contributed by atoms with Gasteiger partial charge < -0.3 is 14.6 Å². The van der Waals surface area contributed by atoms with Crippen molar-refractivity contribution in [2.24, 2.45) is 5.92 Å². The van der Waals surface area contributed by atoms with Gasteiger partial charge in [-0.3, -0.25) is 4.79 Å². The first-order chi connectivity index (χ1) is 8.71. The van der Waals surface area contributed by atoms with Gasteiger partial charge in [0, 0.05) is 25.4 Å². The number of aldehydes is 1. The van der Waals surface area contributed by atoms with Crippen LogP contribution in [-0.2, 0) is 9.59 Å². The van der Waals surface area contributed by atoms with Crippen LogP contribution in [-0.4, -0.2) is 54.7 Å². The third-order valence-corrected chi connectivity index (χ3v) is 3.81. The Morgan fingerprint density at radius 3 is 2.39 bits per heavy atom. The highest BCUT2D eigenvalue weighted by Crippen LogP contribution is 2.15. The second kappa shape index (κ2) is 8.25. The summed E-state index contributed by atoms with van der Waals surface area (Å²) in [4.78, 5) is 26.7. The predicted octanol–water partition coefficient (Wildman–Crippen LogP) is 1.55. The van der Waals surface area contributed by atoms with E-state index < -0.39 is 0 Å². The van der Waals surface area contributed by atoms with Crippen LogP contribution in [0.25, 0.3) is 0 Å². The first kappa shape index (κ1) is 15.2. The fourth-order valence-electron chi connectivity index (χ4n) is 2.50. The molecule has 0 atom stereocenters. The highest BCUT2D eigenvalue weighted by atomic mass is 16.2. The summed E-state index contributed by atoms with van der Waals surface area (Å²) in [5.41, 5.74) is 0. The van der Waals surface area contributed by atoms with E-state index in [1.165, 1.54) is 0 Å². The van der Waals surface area contributed by atoms with E-state index in [-0.39, 0.29) is 11.8 Å². The molecule has 0 unspecified atom stereocenters. The second-order valence-electron chi connectivity index (χ2n) is 4.98. The number of piperidine rings is 1. The molecule has 4 nitrogen and oxygen atoms in total. The molecule has 1 heterocycles. The molecule has 1 aliphatic rings. The summed E-state index contributed by atoms with van der Waals surface area (Å²) < 4.78 is 0. The zero-order valence-corrected chi connectivity index (χ0v) is 11.7. The Morgan fingerprint density at radius 1 is 1.28 bits per heavy atom. The van der Waals surface area contributed by atoms with Gasteiger partial charge in [-0.15, -0.1) is 0 Å². The highest BCUT2D eigenvalue weighted by molar-refractivity contribution is 5.76. The molecule has 4 heteroatoms. The number of amides is 1. The summed E-state index contributed by atoms with van der Waals surface area (Å²) in [5.74, 6) is 0.529. The quantitative estimate of drug-likeness (QED) is 0.647. The molecule has 1 rings (SSSR count). The van der Waals surface area contributed by atoms with Gasteiger partial charge in [0.05, 0.1) is 0 Å². The van der Waals surface area contributed by atoms with Crippen molar-refractivity contribution in [1.29, 1.82) is 0 Å². The molecule has 1 fully saturated rings. The number of hydrogen-bond acceptors (Lipinski definition) is 3. The normalized spacial score (nSPS) is 17.7. The van der Waals surface area contributed by atoms with Crippen LogP contribution in [0, 0.1) is 5.92 Å². The van der Waals surface area contributed by atoms with Crippen molar-refractivity contribution in [3.63, 3.8) is 0 Å². The van der Waals surface area contributed by atoms with Gasteiger partial charge in [-0.05, 0) is 52.7 Å². The largest absolute Gasteiger partial charge is 0.343 e. The van der Waals surface area contributed by atoms with Gasteiger partial charge in [0.1, 0.15) is 6.29 Å². The molecule has 18 heavy (non-hydrogen) atoms. The molecule has 0 N–H and O–H groups in total. The highest BCUT2D eigenvalue weighted by Gasteiger charge is 2.18. The van der Waals surface area contributed by atoms with Crippen LogP contribution >= 0.6 is 0 Å². The van der Waals surface area contributed by atoms with Crippen molar-refractivity contribution in [3.05, 3.63) is 0 Å². The smallest absolute Gasteiger partial charge is 0.222 e. The Morgan fingerprint density at radius 2 is 1.89 bits per heavy atom. The summed E-state index contributed by atoms with van der Waals surface area (Å²) in [6.45, 7) is 8.64. The maximum Gasteiger partial charge on any atom is 0.222 e. The molecule has 0 radical (unpaired) electrons. The van der Waals surface area contributed by atoms with Crippen molar-refractivity contribution in [2.75, 3.05) is 32.7 Å². The van der Waals surface area contributed by atoms with Crippen molar-refractivity contribution >= 4 is 12.2 Å². The summed E-state index contributed by atoms with van der Waals surface area (Å²) in [6, 6.07) is 0. The second-order valence-corrected chi connectivity index (χ2v) is 4.98. The lowest BCUT2D eigenvalue weighted by atomic mass is 9.98. The van der Waals surface area contributed by atoms with E-state index in [0.717, 1.165) is 58.3 Å². The Kier molecular flexibility index (Phi) is 6.94. The number of likely N-dealkylation sites (tertiary alicyclic amines) is 1.